The highest BCUT2D eigenvalue weighted by molar-refractivity contribution is 5.80. The lowest BCUT2D eigenvalue weighted by molar-refractivity contribution is 0.530. The molecule has 0 spiro atoms. The Labute approximate surface area is 129 Å². The van der Waals surface area contributed by atoms with Crippen LogP contribution in [0.15, 0.2) is 35.3 Å². The van der Waals surface area contributed by atoms with Crippen molar-refractivity contribution in [1.82, 2.24) is 10.6 Å². The molecule has 0 bridgehead atoms. The van der Waals surface area contributed by atoms with Crippen molar-refractivity contribution in [3.63, 3.8) is 0 Å². The first-order valence-electron chi connectivity index (χ1n) is 7.89. The average Bonchev–Trinajstić information content (AvgIpc) is 2.43. The van der Waals surface area contributed by atoms with Crippen molar-refractivity contribution < 1.29 is 0 Å². The third kappa shape index (κ3) is 7.02. The summed E-state index contributed by atoms with van der Waals surface area (Å²) in [5.74, 6) is 1.39. The molecule has 0 saturated heterocycles. The quantitative estimate of drug-likeness (QED) is 0.534. The van der Waals surface area contributed by atoms with Gasteiger partial charge in [0.05, 0.1) is 6.54 Å². The summed E-state index contributed by atoms with van der Waals surface area (Å²) >= 11 is 0. The molecule has 1 atom stereocenters. The van der Waals surface area contributed by atoms with Crippen LogP contribution in [0.3, 0.4) is 0 Å². The number of guanidine groups is 1. The number of rotatable bonds is 7. The molecule has 3 N–H and O–H groups in total. The van der Waals surface area contributed by atoms with E-state index in [2.05, 4.69) is 62.7 Å². The number of hydrogen-bond donors (Lipinski definition) is 3. The van der Waals surface area contributed by atoms with Crippen molar-refractivity contribution in [3.8, 4) is 0 Å². The molecule has 0 fully saturated rings. The van der Waals surface area contributed by atoms with Crippen LogP contribution in [-0.4, -0.2) is 31.1 Å². The van der Waals surface area contributed by atoms with Gasteiger partial charge in [0.1, 0.15) is 0 Å². The number of benzene rings is 1. The first-order chi connectivity index (χ1) is 10.0. The maximum atomic E-state index is 4.70. The summed E-state index contributed by atoms with van der Waals surface area (Å²) in [5, 5.41) is 10.2. The Hall–Kier alpha value is -1.71. The Morgan fingerprint density at radius 3 is 2.29 bits per heavy atom. The van der Waals surface area contributed by atoms with Gasteiger partial charge in [0, 0.05) is 24.3 Å². The molecular formula is C17H30N4. The van der Waals surface area contributed by atoms with Gasteiger partial charge in [0.2, 0.25) is 0 Å². The maximum absolute atomic E-state index is 4.70. The zero-order valence-electron chi connectivity index (χ0n) is 14.0. The second-order valence-electron chi connectivity index (χ2n) is 5.88. The van der Waals surface area contributed by atoms with E-state index in [-0.39, 0.29) is 0 Å². The smallest absolute Gasteiger partial charge is 0.191 e. The first kappa shape index (κ1) is 17.3. The van der Waals surface area contributed by atoms with Crippen LogP contribution in [0.2, 0.25) is 0 Å². The van der Waals surface area contributed by atoms with E-state index in [4.69, 9.17) is 4.99 Å². The number of nitrogens with one attached hydrogen (secondary N) is 3. The zero-order valence-corrected chi connectivity index (χ0v) is 14.0. The lowest BCUT2D eigenvalue weighted by Crippen LogP contribution is -2.42. The molecule has 0 aliphatic heterocycles. The Morgan fingerprint density at radius 1 is 1.10 bits per heavy atom. The van der Waals surface area contributed by atoms with Crippen molar-refractivity contribution in [3.05, 3.63) is 30.3 Å². The molecular weight excluding hydrogens is 260 g/mol. The lowest BCUT2D eigenvalue weighted by Gasteiger charge is -2.23. The second-order valence-corrected chi connectivity index (χ2v) is 5.88. The normalized spacial score (nSPS) is 13.4. The van der Waals surface area contributed by atoms with E-state index in [1.54, 1.807) is 0 Å². The summed E-state index contributed by atoms with van der Waals surface area (Å²) in [6.45, 7) is 12.4. The number of para-hydroxylation sites is 1. The van der Waals surface area contributed by atoms with E-state index < -0.39 is 0 Å². The van der Waals surface area contributed by atoms with Crippen LogP contribution < -0.4 is 16.0 Å². The van der Waals surface area contributed by atoms with Crippen molar-refractivity contribution in [1.29, 1.82) is 0 Å². The zero-order chi connectivity index (χ0) is 15.7. The van der Waals surface area contributed by atoms with Gasteiger partial charge >= 0.3 is 0 Å². The predicted molar refractivity (Wildman–Crippen MR) is 92.9 cm³/mol. The summed E-state index contributed by atoms with van der Waals surface area (Å²) in [6, 6.07) is 11.0. The highest BCUT2D eigenvalue weighted by Gasteiger charge is 2.13. The van der Waals surface area contributed by atoms with Crippen molar-refractivity contribution in [2.45, 2.75) is 46.7 Å². The molecule has 1 aromatic carbocycles. The van der Waals surface area contributed by atoms with E-state index in [9.17, 15) is 0 Å². The van der Waals surface area contributed by atoms with Crippen LogP contribution in [0.4, 0.5) is 5.69 Å². The molecule has 118 valence electrons. The number of nitrogens with zero attached hydrogens (tertiary/aromatic N) is 1. The summed E-state index contributed by atoms with van der Waals surface area (Å²) in [4.78, 5) is 4.70. The summed E-state index contributed by atoms with van der Waals surface area (Å²) in [7, 11) is 0. The van der Waals surface area contributed by atoms with Gasteiger partial charge in [-0.05, 0) is 38.8 Å². The van der Waals surface area contributed by atoms with Crippen molar-refractivity contribution in [2.75, 3.05) is 18.4 Å². The molecule has 1 aromatic rings. The van der Waals surface area contributed by atoms with Gasteiger partial charge in [0.25, 0.3) is 0 Å². The van der Waals surface area contributed by atoms with Crippen LogP contribution in [0.5, 0.6) is 0 Å². The molecule has 1 unspecified atom stereocenters. The molecule has 0 heterocycles. The Morgan fingerprint density at radius 2 is 1.76 bits per heavy atom. The van der Waals surface area contributed by atoms with E-state index in [0.29, 0.717) is 18.0 Å². The Kier molecular flexibility index (Phi) is 7.65. The van der Waals surface area contributed by atoms with Crippen molar-refractivity contribution in [2.24, 2.45) is 10.9 Å². The van der Waals surface area contributed by atoms with Crippen molar-refractivity contribution >= 4 is 11.6 Å². The molecule has 0 aliphatic rings. The molecule has 4 nitrogen and oxygen atoms in total. The predicted octanol–water partition coefficient (Wildman–Crippen LogP) is 3.09. The van der Waals surface area contributed by atoms with Crippen LogP contribution in [-0.2, 0) is 0 Å². The average molecular weight is 290 g/mol. The molecule has 0 aromatic heterocycles. The van der Waals surface area contributed by atoms with Crippen LogP contribution in [0, 0.1) is 5.92 Å². The SMILES string of the molecule is CCNC(=NCC(Nc1ccccc1)C(C)C)NC(C)C. The molecule has 0 saturated carbocycles. The third-order valence-electron chi connectivity index (χ3n) is 3.15. The largest absolute Gasteiger partial charge is 0.380 e. The van der Waals surface area contributed by atoms with Gasteiger partial charge in [-0.2, -0.15) is 0 Å². The van der Waals surface area contributed by atoms with E-state index in [0.717, 1.165) is 24.7 Å². The summed E-state index contributed by atoms with van der Waals surface area (Å²) < 4.78 is 0. The van der Waals surface area contributed by atoms with E-state index >= 15 is 0 Å². The van der Waals surface area contributed by atoms with Gasteiger partial charge in [-0.25, -0.2) is 0 Å². The monoisotopic (exact) mass is 290 g/mol. The standard InChI is InChI=1S/C17H30N4/c1-6-18-17(20-14(4)5)19-12-16(13(2)3)21-15-10-8-7-9-11-15/h7-11,13-14,16,21H,6,12H2,1-5H3,(H2,18,19,20). The fourth-order valence-corrected chi connectivity index (χ4v) is 1.95. The van der Waals surface area contributed by atoms with Gasteiger partial charge < -0.3 is 16.0 Å². The van der Waals surface area contributed by atoms with Gasteiger partial charge in [-0.1, -0.05) is 32.0 Å². The van der Waals surface area contributed by atoms with Gasteiger partial charge in [0.15, 0.2) is 5.96 Å². The van der Waals surface area contributed by atoms with Crippen LogP contribution >= 0.6 is 0 Å². The number of anilines is 1. The Balaban J connectivity index is 2.68. The molecule has 4 heteroatoms. The first-order valence-corrected chi connectivity index (χ1v) is 7.89. The topological polar surface area (TPSA) is 48.5 Å². The molecule has 21 heavy (non-hydrogen) atoms. The van der Waals surface area contributed by atoms with Gasteiger partial charge in [-0.15, -0.1) is 0 Å². The number of hydrogen-bond acceptors (Lipinski definition) is 2. The number of aliphatic imine (C=N–C) groups is 1. The third-order valence-corrected chi connectivity index (χ3v) is 3.15. The fraction of sp³-hybridized carbons (Fsp3) is 0.588. The summed E-state index contributed by atoms with van der Waals surface area (Å²) in [6.07, 6.45) is 0. The minimum Gasteiger partial charge on any atom is -0.380 e. The van der Waals surface area contributed by atoms with Crippen LogP contribution in [0.1, 0.15) is 34.6 Å². The summed E-state index contributed by atoms with van der Waals surface area (Å²) in [5.41, 5.74) is 1.15. The lowest BCUT2D eigenvalue weighted by atomic mass is 10.0. The second kappa shape index (κ2) is 9.27. The highest BCUT2D eigenvalue weighted by atomic mass is 15.2. The van der Waals surface area contributed by atoms with E-state index in [1.165, 1.54) is 0 Å². The minimum atomic E-state index is 0.315. The Bertz CT molecular complexity index is 412. The molecule has 0 amide bonds. The van der Waals surface area contributed by atoms with Gasteiger partial charge in [-0.3, -0.25) is 4.99 Å². The van der Waals surface area contributed by atoms with E-state index in [1.807, 2.05) is 18.2 Å². The fourth-order valence-electron chi connectivity index (χ4n) is 1.95. The van der Waals surface area contributed by atoms with Crippen LogP contribution in [0.25, 0.3) is 0 Å². The maximum Gasteiger partial charge on any atom is 0.191 e. The molecule has 1 rings (SSSR count). The minimum absolute atomic E-state index is 0.315. The molecule has 0 radical (unpaired) electrons. The molecule has 0 aliphatic carbocycles. The highest BCUT2D eigenvalue weighted by Crippen LogP contribution is 2.12.